The Morgan fingerprint density at radius 2 is 2.08 bits per heavy atom. The number of nitrogens with one attached hydrogen (secondary N) is 2. The van der Waals surface area contributed by atoms with Crippen LogP contribution in [0.5, 0.6) is 5.75 Å². The van der Waals surface area contributed by atoms with Gasteiger partial charge >= 0.3 is 5.97 Å². The number of carboxylic acid groups (broad SMARTS) is 1. The Morgan fingerprint density at radius 1 is 1.33 bits per heavy atom. The van der Waals surface area contributed by atoms with Crippen LogP contribution in [0.1, 0.15) is 51.5 Å². The molecule has 7 heteroatoms. The lowest BCUT2D eigenvalue weighted by atomic mass is 9.84. The molecule has 1 aromatic carbocycles. The van der Waals surface area contributed by atoms with Crippen molar-refractivity contribution in [3.05, 3.63) is 40.1 Å². The number of methoxy groups -OCH3 is 1. The number of hydrogen-bond acceptors (Lipinski definition) is 4. The van der Waals surface area contributed by atoms with Gasteiger partial charge in [0.05, 0.1) is 7.11 Å². The first-order chi connectivity index (χ1) is 11.6. The maximum Gasteiger partial charge on any atom is 0.354 e. The molecule has 0 spiro atoms. The van der Waals surface area contributed by atoms with Gasteiger partial charge in [0.2, 0.25) is 5.91 Å². The van der Waals surface area contributed by atoms with Gasteiger partial charge < -0.3 is 15.2 Å². The van der Waals surface area contributed by atoms with Gasteiger partial charge in [0.25, 0.3) is 0 Å². The van der Waals surface area contributed by atoms with Gasteiger partial charge in [0, 0.05) is 23.5 Å². The third-order valence-corrected chi connectivity index (χ3v) is 4.83. The minimum absolute atomic E-state index is 0.0116. The molecular weight excluding hydrogens is 310 g/mol. The molecule has 7 nitrogen and oxygen atoms in total. The van der Waals surface area contributed by atoms with Crippen LogP contribution in [-0.4, -0.2) is 34.3 Å². The van der Waals surface area contributed by atoms with Gasteiger partial charge in [-0.25, -0.2) is 4.79 Å². The first kappa shape index (κ1) is 14.7. The Bertz CT molecular complexity index is 856. The lowest BCUT2D eigenvalue weighted by Gasteiger charge is -2.25. The molecule has 2 heterocycles. The number of H-pyrrole nitrogens is 1. The fraction of sp³-hybridized carbons (Fsp3) is 0.353. The lowest BCUT2D eigenvalue weighted by molar-refractivity contribution is -0.116. The van der Waals surface area contributed by atoms with Crippen molar-refractivity contribution in [1.82, 2.24) is 10.2 Å². The monoisotopic (exact) mass is 327 g/mol. The first-order valence-corrected chi connectivity index (χ1v) is 7.89. The summed E-state index contributed by atoms with van der Waals surface area (Å²) in [6.45, 7) is 0. The number of aromatic amines is 1. The predicted molar refractivity (Wildman–Crippen MR) is 85.7 cm³/mol. The summed E-state index contributed by atoms with van der Waals surface area (Å²) in [6, 6.07) is 4.08. The van der Waals surface area contributed by atoms with E-state index in [0.29, 0.717) is 11.3 Å². The van der Waals surface area contributed by atoms with Gasteiger partial charge in [0.1, 0.15) is 11.4 Å². The van der Waals surface area contributed by atoms with Gasteiger partial charge in [-0.3, -0.25) is 9.89 Å². The Balaban J connectivity index is 1.90. The van der Waals surface area contributed by atoms with Crippen molar-refractivity contribution in [3.63, 3.8) is 0 Å². The van der Waals surface area contributed by atoms with Crippen molar-refractivity contribution in [2.75, 3.05) is 12.4 Å². The van der Waals surface area contributed by atoms with E-state index in [1.165, 1.54) is 11.1 Å². The van der Waals surface area contributed by atoms with E-state index in [1.54, 1.807) is 7.11 Å². The third-order valence-electron chi connectivity index (χ3n) is 4.83. The van der Waals surface area contributed by atoms with E-state index < -0.39 is 5.97 Å². The molecule has 4 rings (SSSR count). The number of benzene rings is 1. The second kappa shape index (κ2) is 5.36. The van der Waals surface area contributed by atoms with Crippen molar-refractivity contribution in [2.45, 2.75) is 31.6 Å². The highest BCUT2D eigenvalue weighted by Crippen LogP contribution is 2.43. The second-order valence-electron chi connectivity index (χ2n) is 6.19. The topological polar surface area (TPSA) is 104 Å². The van der Waals surface area contributed by atoms with Gasteiger partial charge in [-0.15, -0.1) is 0 Å². The molecule has 0 bridgehead atoms. The summed E-state index contributed by atoms with van der Waals surface area (Å²) in [5, 5.41) is 18.5. The van der Waals surface area contributed by atoms with Crippen LogP contribution >= 0.6 is 0 Å². The van der Waals surface area contributed by atoms with E-state index in [0.717, 1.165) is 24.8 Å². The van der Waals surface area contributed by atoms with E-state index >= 15 is 0 Å². The number of aromatic carboxylic acids is 1. The fourth-order valence-electron chi connectivity index (χ4n) is 3.75. The van der Waals surface area contributed by atoms with Crippen LogP contribution in [0.3, 0.4) is 0 Å². The van der Waals surface area contributed by atoms with Crippen LogP contribution in [0.2, 0.25) is 0 Å². The molecule has 0 saturated heterocycles. The summed E-state index contributed by atoms with van der Waals surface area (Å²) in [4.78, 5) is 23.6. The number of rotatable bonds is 3. The molecular formula is C17H17N3O4. The zero-order valence-electron chi connectivity index (χ0n) is 13.2. The molecule has 0 radical (unpaired) electrons. The number of carbonyl (C=O) groups is 2. The molecule has 1 aliphatic heterocycles. The summed E-state index contributed by atoms with van der Waals surface area (Å²) >= 11 is 0. The maximum absolute atomic E-state index is 12.1. The Labute approximate surface area is 138 Å². The molecule has 0 unspecified atom stereocenters. The summed E-state index contributed by atoms with van der Waals surface area (Å²) in [5.74, 6) is -0.682. The first-order valence-electron chi connectivity index (χ1n) is 7.89. The van der Waals surface area contributed by atoms with Crippen LogP contribution in [0.4, 0.5) is 5.82 Å². The van der Waals surface area contributed by atoms with E-state index in [4.69, 9.17) is 4.74 Å². The van der Waals surface area contributed by atoms with Crippen LogP contribution in [0.15, 0.2) is 12.1 Å². The molecule has 1 aromatic heterocycles. The molecule has 2 aliphatic rings. The number of carbonyl (C=O) groups excluding carboxylic acids is 1. The fourth-order valence-corrected chi connectivity index (χ4v) is 3.75. The zero-order valence-corrected chi connectivity index (χ0v) is 13.2. The third kappa shape index (κ3) is 2.16. The molecule has 1 amide bonds. The molecule has 0 saturated carbocycles. The summed E-state index contributed by atoms with van der Waals surface area (Å²) < 4.78 is 5.54. The Morgan fingerprint density at radius 3 is 2.79 bits per heavy atom. The molecule has 24 heavy (non-hydrogen) atoms. The number of amides is 1. The number of fused-ring (bicyclic) bond motifs is 2. The average molecular weight is 327 g/mol. The highest BCUT2D eigenvalue weighted by atomic mass is 16.5. The number of nitrogens with zero attached hydrogens (tertiary/aromatic N) is 1. The van der Waals surface area contributed by atoms with Crippen molar-refractivity contribution in [1.29, 1.82) is 0 Å². The van der Waals surface area contributed by atoms with E-state index in [9.17, 15) is 14.7 Å². The highest BCUT2D eigenvalue weighted by molar-refractivity contribution is 5.98. The Hall–Kier alpha value is -2.83. The van der Waals surface area contributed by atoms with Crippen molar-refractivity contribution < 1.29 is 19.4 Å². The van der Waals surface area contributed by atoms with Crippen LogP contribution in [0.25, 0.3) is 0 Å². The number of hydrogen-bond donors (Lipinski definition) is 3. The number of aryl methyl sites for hydroxylation is 2. The smallest absolute Gasteiger partial charge is 0.354 e. The van der Waals surface area contributed by atoms with Crippen LogP contribution < -0.4 is 10.1 Å². The molecule has 0 fully saturated rings. The van der Waals surface area contributed by atoms with E-state index in [-0.39, 0.29) is 29.8 Å². The quantitative estimate of drug-likeness (QED) is 0.800. The molecule has 3 N–H and O–H groups in total. The molecule has 1 atom stereocenters. The predicted octanol–water partition coefficient (Wildman–Crippen LogP) is 2.08. The number of carboxylic acids is 1. The van der Waals surface area contributed by atoms with Gasteiger partial charge in [-0.2, -0.15) is 5.10 Å². The SMILES string of the molecule is COc1cc2c(cc1[C@H]1CC(=O)Nc3n[nH]c(C(=O)O)c31)CCC2. The largest absolute Gasteiger partial charge is 0.496 e. The van der Waals surface area contributed by atoms with Crippen molar-refractivity contribution in [3.8, 4) is 5.75 Å². The molecule has 1 aliphatic carbocycles. The van der Waals surface area contributed by atoms with Gasteiger partial charge in [-0.1, -0.05) is 6.07 Å². The minimum Gasteiger partial charge on any atom is -0.496 e. The normalized spacial score (nSPS) is 18.7. The van der Waals surface area contributed by atoms with Crippen LogP contribution in [0, 0.1) is 0 Å². The maximum atomic E-state index is 12.1. The van der Waals surface area contributed by atoms with Crippen molar-refractivity contribution in [2.24, 2.45) is 0 Å². The summed E-state index contributed by atoms with van der Waals surface area (Å²) in [7, 11) is 1.59. The second-order valence-corrected chi connectivity index (χ2v) is 6.19. The molecule has 124 valence electrons. The van der Waals surface area contributed by atoms with Gasteiger partial charge in [0.15, 0.2) is 5.82 Å². The highest BCUT2D eigenvalue weighted by Gasteiger charge is 2.35. The Kier molecular flexibility index (Phi) is 3.30. The lowest BCUT2D eigenvalue weighted by Crippen LogP contribution is -2.24. The minimum atomic E-state index is -1.09. The number of anilines is 1. The van der Waals surface area contributed by atoms with E-state index in [2.05, 4.69) is 21.6 Å². The van der Waals surface area contributed by atoms with E-state index in [1.807, 2.05) is 6.07 Å². The van der Waals surface area contributed by atoms with Crippen molar-refractivity contribution >= 4 is 17.7 Å². The average Bonchev–Trinajstić information content (AvgIpc) is 3.18. The zero-order chi connectivity index (χ0) is 16.8. The van der Waals surface area contributed by atoms with Gasteiger partial charge in [-0.05, 0) is 36.5 Å². The standard InChI is InChI=1S/C17H17N3O4/c1-24-12-6-9-4-2-3-8(9)5-10(12)11-7-13(21)18-16-14(11)15(17(22)23)19-20-16/h5-6,11H,2-4,7H2,1H3,(H,22,23)(H2,18,19,20,21)/t11-/m1/s1. The summed E-state index contributed by atoms with van der Waals surface area (Å²) in [5.41, 5.74) is 3.88. The van der Waals surface area contributed by atoms with Crippen LogP contribution in [-0.2, 0) is 17.6 Å². The molecule has 2 aromatic rings. The number of aromatic nitrogens is 2. The summed E-state index contributed by atoms with van der Waals surface area (Å²) in [6.07, 6.45) is 3.29. The number of ether oxygens (including phenoxy) is 1.